The minimum absolute atomic E-state index is 0.490. The Morgan fingerprint density at radius 3 is 1.15 bits per heavy atom. The highest BCUT2D eigenvalue weighted by Crippen LogP contribution is 2.39. The quantitative estimate of drug-likeness (QED) is 0.283. The van der Waals surface area contributed by atoms with Crippen molar-refractivity contribution in [2.45, 2.75) is 52.4 Å². The minimum Gasteiger partial charge on any atom is -0.488 e. The van der Waals surface area contributed by atoms with Crippen LogP contribution in [0.4, 0.5) is 0 Å². The van der Waals surface area contributed by atoms with Gasteiger partial charge in [-0.3, -0.25) is 0 Å². The molecule has 2 unspecified atom stereocenters. The summed E-state index contributed by atoms with van der Waals surface area (Å²) in [6.45, 7) is 14.8. The molecule has 0 amide bonds. The molecule has 4 heteroatoms. The number of likely N-dealkylation sites (N-methyl/N-ethyl adjacent to an activating group) is 2. The molecule has 0 heterocycles. The Kier molecular flexibility index (Phi) is 10.9. The third kappa shape index (κ3) is 8.63. The highest BCUT2D eigenvalue weighted by molar-refractivity contribution is 5.35. The summed E-state index contributed by atoms with van der Waals surface area (Å²) in [4.78, 5) is 0. The molecule has 190 valence electrons. The Hall–Kier alpha value is -2.04. The van der Waals surface area contributed by atoms with Crippen molar-refractivity contribution in [2.24, 2.45) is 0 Å². The van der Waals surface area contributed by atoms with Gasteiger partial charge in [0, 0.05) is 0 Å². The number of nitrogens with zero attached hydrogens (tertiary/aromatic N) is 2. The predicted octanol–water partition coefficient (Wildman–Crippen LogP) is 6.32. The lowest BCUT2D eigenvalue weighted by Gasteiger charge is -2.28. The lowest BCUT2D eigenvalue weighted by molar-refractivity contribution is -0.888. The van der Waals surface area contributed by atoms with Crippen molar-refractivity contribution in [1.82, 2.24) is 0 Å². The van der Waals surface area contributed by atoms with Crippen LogP contribution >= 0.6 is 0 Å². The number of quaternary nitrogens is 2. The van der Waals surface area contributed by atoms with Crippen LogP contribution in [0.15, 0.2) is 48.5 Å². The van der Waals surface area contributed by atoms with E-state index >= 15 is 0 Å². The first-order valence-corrected chi connectivity index (χ1v) is 13.2. The Morgan fingerprint density at radius 1 is 0.559 bits per heavy atom. The van der Waals surface area contributed by atoms with Gasteiger partial charge in [0.05, 0.1) is 41.3 Å². The van der Waals surface area contributed by atoms with Gasteiger partial charge in [-0.1, -0.05) is 38.1 Å². The van der Waals surface area contributed by atoms with Gasteiger partial charge in [0.25, 0.3) is 0 Å². The molecule has 0 aromatic heterocycles. The average molecular weight is 471 g/mol. The van der Waals surface area contributed by atoms with Gasteiger partial charge in [-0.05, 0) is 73.9 Å². The van der Waals surface area contributed by atoms with Gasteiger partial charge in [-0.2, -0.15) is 0 Å². The molecule has 0 bridgehead atoms. The van der Waals surface area contributed by atoms with Gasteiger partial charge in [0.1, 0.15) is 37.8 Å². The lowest BCUT2D eigenvalue weighted by atomic mass is 9.78. The van der Waals surface area contributed by atoms with E-state index in [9.17, 15) is 0 Å². The maximum Gasteiger partial charge on any atom is 0.137 e. The van der Waals surface area contributed by atoms with Crippen molar-refractivity contribution in [2.75, 3.05) is 67.6 Å². The maximum absolute atomic E-state index is 6.03. The fourth-order valence-corrected chi connectivity index (χ4v) is 4.27. The van der Waals surface area contributed by atoms with Crippen LogP contribution in [0.5, 0.6) is 11.5 Å². The zero-order valence-electron chi connectivity index (χ0n) is 23.1. The monoisotopic (exact) mass is 470 g/mol. The SMILES string of the molecule is CCC(c1ccc(OCC[N+](C)(C)CC)cc1)C(CC)c1ccc(OCC[N+](C)(C)CC)cc1. The largest absolute Gasteiger partial charge is 0.488 e. The van der Waals surface area contributed by atoms with Crippen LogP contribution in [-0.4, -0.2) is 76.5 Å². The molecule has 0 fully saturated rings. The molecule has 0 aliphatic rings. The van der Waals surface area contributed by atoms with Gasteiger partial charge in [-0.25, -0.2) is 0 Å². The minimum atomic E-state index is 0.490. The highest BCUT2D eigenvalue weighted by Gasteiger charge is 2.22. The third-order valence-corrected chi connectivity index (χ3v) is 7.62. The van der Waals surface area contributed by atoms with E-state index < -0.39 is 0 Å². The number of rotatable bonds is 15. The van der Waals surface area contributed by atoms with E-state index in [0.717, 1.165) is 72.7 Å². The Bertz CT molecular complexity index is 756. The molecule has 2 atom stereocenters. The van der Waals surface area contributed by atoms with E-state index in [-0.39, 0.29) is 0 Å². The Labute approximate surface area is 209 Å². The van der Waals surface area contributed by atoms with Crippen molar-refractivity contribution in [1.29, 1.82) is 0 Å². The van der Waals surface area contributed by atoms with Crippen molar-refractivity contribution < 1.29 is 18.4 Å². The number of hydrogen-bond acceptors (Lipinski definition) is 2. The van der Waals surface area contributed by atoms with E-state index in [4.69, 9.17) is 9.47 Å². The first kappa shape index (κ1) is 28.2. The van der Waals surface area contributed by atoms with Gasteiger partial charge in [-0.15, -0.1) is 0 Å². The van der Waals surface area contributed by atoms with Gasteiger partial charge in [0.15, 0.2) is 0 Å². The van der Waals surface area contributed by atoms with Crippen LogP contribution < -0.4 is 9.47 Å². The molecule has 0 spiro atoms. The van der Waals surface area contributed by atoms with Crippen LogP contribution in [0.3, 0.4) is 0 Å². The average Bonchev–Trinajstić information content (AvgIpc) is 2.83. The summed E-state index contributed by atoms with van der Waals surface area (Å²) in [7, 11) is 8.98. The van der Waals surface area contributed by atoms with Crippen LogP contribution in [0.2, 0.25) is 0 Å². The highest BCUT2D eigenvalue weighted by atomic mass is 16.5. The van der Waals surface area contributed by atoms with E-state index in [1.807, 2.05) is 0 Å². The molecule has 34 heavy (non-hydrogen) atoms. The summed E-state index contributed by atoms with van der Waals surface area (Å²) < 4.78 is 14.0. The molecule has 4 nitrogen and oxygen atoms in total. The van der Waals surface area contributed by atoms with Gasteiger partial charge >= 0.3 is 0 Å². The zero-order valence-corrected chi connectivity index (χ0v) is 23.1. The third-order valence-electron chi connectivity index (χ3n) is 7.62. The second-order valence-electron chi connectivity index (χ2n) is 10.8. The molecule has 2 aromatic carbocycles. The van der Waals surface area contributed by atoms with Crippen LogP contribution in [0.1, 0.15) is 63.5 Å². The molecule has 0 radical (unpaired) electrons. The summed E-state index contributed by atoms with van der Waals surface area (Å²) in [5.74, 6) is 2.91. The molecular weight excluding hydrogens is 420 g/mol. The molecule has 2 rings (SSSR count). The summed E-state index contributed by atoms with van der Waals surface area (Å²) in [6.07, 6.45) is 2.23. The normalized spacial score (nSPS) is 14.0. The second-order valence-corrected chi connectivity index (χ2v) is 10.8. The molecule has 0 saturated heterocycles. The zero-order chi connectivity index (χ0) is 25.2. The van der Waals surface area contributed by atoms with Crippen molar-refractivity contribution in [3.8, 4) is 11.5 Å². The molecule has 0 saturated carbocycles. The van der Waals surface area contributed by atoms with Gasteiger partial charge < -0.3 is 18.4 Å². The van der Waals surface area contributed by atoms with Gasteiger partial charge in [0.2, 0.25) is 0 Å². The van der Waals surface area contributed by atoms with E-state index in [1.54, 1.807) is 0 Å². The lowest BCUT2D eigenvalue weighted by Crippen LogP contribution is -2.42. The van der Waals surface area contributed by atoms with E-state index in [0.29, 0.717) is 11.8 Å². The fraction of sp³-hybridized carbons (Fsp3) is 0.600. The smallest absolute Gasteiger partial charge is 0.137 e. The summed E-state index contributed by atoms with van der Waals surface area (Å²) in [5.41, 5.74) is 2.79. The van der Waals surface area contributed by atoms with E-state index in [1.165, 1.54) is 11.1 Å². The first-order chi connectivity index (χ1) is 16.1. The van der Waals surface area contributed by atoms with Crippen LogP contribution in [0.25, 0.3) is 0 Å². The summed E-state index contributed by atoms with van der Waals surface area (Å²) in [6, 6.07) is 17.6. The maximum atomic E-state index is 6.03. The molecule has 2 aromatic rings. The molecule has 0 N–H and O–H groups in total. The summed E-state index contributed by atoms with van der Waals surface area (Å²) >= 11 is 0. The van der Waals surface area contributed by atoms with Crippen molar-refractivity contribution >= 4 is 0 Å². The Morgan fingerprint density at radius 2 is 0.882 bits per heavy atom. The predicted molar refractivity (Wildman–Crippen MR) is 145 cm³/mol. The Balaban J connectivity index is 2.01. The molecule has 0 aliphatic heterocycles. The fourth-order valence-electron chi connectivity index (χ4n) is 4.27. The number of hydrogen-bond donors (Lipinski definition) is 0. The topological polar surface area (TPSA) is 18.5 Å². The standard InChI is InChI=1S/C30H50N2O2/c1-9-29(25-13-17-27(18-14-25)33-23-21-31(5,6)11-3)30(10-2)26-15-19-28(20-16-26)34-24-22-32(7,8)12-4/h13-20,29-30H,9-12,21-24H2,1-8H3/q+2. The van der Waals surface area contributed by atoms with Crippen LogP contribution in [-0.2, 0) is 0 Å². The number of benzene rings is 2. The molecule has 0 aliphatic carbocycles. The van der Waals surface area contributed by atoms with Crippen LogP contribution in [0, 0.1) is 0 Å². The second kappa shape index (κ2) is 13.2. The van der Waals surface area contributed by atoms with Crippen molar-refractivity contribution in [3.63, 3.8) is 0 Å². The number of ether oxygens (including phenoxy) is 2. The summed E-state index contributed by atoms with van der Waals surface area (Å²) in [5, 5.41) is 0. The van der Waals surface area contributed by atoms with E-state index in [2.05, 4.69) is 104 Å². The van der Waals surface area contributed by atoms with Crippen molar-refractivity contribution in [3.05, 3.63) is 59.7 Å². The first-order valence-electron chi connectivity index (χ1n) is 13.2. The molecular formula is C30H50N2O2+2.